The van der Waals surface area contributed by atoms with Gasteiger partial charge in [-0.1, -0.05) is 6.07 Å². The first-order valence-electron chi connectivity index (χ1n) is 5.55. The van der Waals surface area contributed by atoms with Crippen LogP contribution in [0.5, 0.6) is 0 Å². The van der Waals surface area contributed by atoms with Crippen molar-refractivity contribution in [2.24, 2.45) is 0 Å². The third kappa shape index (κ3) is 3.66. The van der Waals surface area contributed by atoms with E-state index in [0.29, 0.717) is 12.8 Å². The summed E-state index contributed by atoms with van der Waals surface area (Å²) in [5, 5.41) is 8.66. The lowest BCUT2D eigenvalue weighted by Crippen LogP contribution is -2.33. The largest absolute Gasteiger partial charge is 0.396 e. The summed E-state index contributed by atoms with van der Waals surface area (Å²) in [6.07, 6.45) is 0.979. The molecule has 5 nitrogen and oxygen atoms in total. The maximum atomic E-state index is 13.2. The number of nitrogen functional groups attached to an aromatic ring is 1. The van der Waals surface area contributed by atoms with Crippen molar-refractivity contribution < 1.29 is 17.9 Å². The van der Waals surface area contributed by atoms with Crippen LogP contribution in [0.2, 0.25) is 0 Å². The molecule has 0 spiro atoms. The normalized spacial score (nSPS) is 13.5. The zero-order valence-corrected chi connectivity index (χ0v) is 10.9. The van der Waals surface area contributed by atoms with E-state index in [2.05, 4.69) is 4.72 Å². The van der Waals surface area contributed by atoms with Crippen LogP contribution in [-0.4, -0.2) is 26.2 Å². The van der Waals surface area contributed by atoms with Gasteiger partial charge in [0.1, 0.15) is 10.7 Å². The Morgan fingerprint density at radius 3 is 2.78 bits per heavy atom. The Morgan fingerprint density at radius 2 is 2.17 bits per heavy atom. The number of nitrogens with two attached hydrogens (primary N) is 1. The second kappa shape index (κ2) is 6.12. The molecule has 0 aliphatic rings. The molecule has 4 N–H and O–H groups in total. The van der Waals surface area contributed by atoms with Crippen LogP contribution in [0.1, 0.15) is 19.8 Å². The smallest absolute Gasteiger partial charge is 0.242 e. The van der Waals surface area contributed by atoms with Gasteiger partial charge in [0, 0.05) is 12.6 Å². The summed E-state index contributed by atoms with van der Waals surface area (Å²) in [5.41, 5.74) is 5.02. The minimum atomic E-state index is -3.84. The molecular formula is C11H17FN2O3S. The molecule has 0 aliphatic heterocycles. The van der Waals surface area contributed by atoms with Gasteiger partial charge in [0.2, 0.25) is 10.0 Å². The van der Waals surface area contributed by atoms with E-state index in [-0.39, 0.29) is 23.2 Å². The number of hydrogen-bond acceptors (Lipinski definition) is 4. The Hall–Kier alpha value is -1.18. The summed E-state index contributed by atoms with van der Waals surface area (Å²) in [4.78, 5) is -0.265. The third-order valence-corrected chi connectivity index (χ3v) is 4.10. The number of hydrogen-bond donors (Lipinski definition) is 3. The van der Waals surface area contributed by atoms with Gasteiger partial charge in [0.15, 0.2) is 0 Å². The van der Waals surface area contributed by atoms with Crippen molar-refractivity contribution in [1.29, 1.82) is 0 Å². The maximum absolute atomic E-state index is 13.2. The molecule has 1 rings (SSSR count). The van der Waals surface area contributed by atoms with Crippen molar-refractivity contribution in [2.45, 2.75) is 30.7 Å². The predicted octanol–water partition coefficient (Wildman–Crippen LogP) is 0.847. The lowest BCUT2D eigenvalue weighted by molar-refractivity contribution is 0.279. The van der Waals surface area contributed by atoms with E-state index in [1.54, 1.807) is 6.92 Å². The van der Waals surface area contributed by atoms with Gasteiger partial charge in [-0.05, 0) is 31.9 Å². The summed E-state index contributed by atoms with van der Waals surface area (Å²) in [6, 6.07) is 3.28. The number of aliphatic hydroxyl groups excluding tert-OH is 1. The lowest BCUT2D eigenvalue weighted by Gasteiger charge is -2.14. The minimum Gasteiger partial charge on any atom is -0.396 e. The Morgan fingerprint density at radius 1 is 1.50 bits per heavy atom. The highest BCUT2D eigenvalue weighted by atomic mass is 32.2. The molecule has 1 atom stereocenters. The van der Waals surface area contributed by atoms with E-state index in [0.717, 1.165) is 6.07 Å². The van der Waals surface area contributed by atoms with E-state index < -0.39 is 15.8 Å². The van der Waals surface area contributed by atoms with Crippen LogP contribution in [0.3, 0.4) is 0 Å². The number of benzene rings is 1. The van der Waals surface area contributed by atoms with Crippen molar-refractivity contribution in [3.8, 4) is 0 Å². The first-order valence-corrected chi connectivity index (χ1v) is 7.04. The molecule has 0 amide bonds. The Labute approximate surface area is 106 Å². The van der Waals surface area contributed by atoms with Crippen LogP contribution >= 0.6 is 0 Å². The maximum Gasteiger partial charge on any atom is 0.242 e. The van der Waals surface area contributed by atoms with Gasteiger partial charge in [-0.15, -0.1) is 0 Å². The highest BCUT2D eigenvalue weighted by Gasteiger charge is 2.21. The van der Waals surface area contributed by atoms with Crippen LogP contribution < -0.4 is 10.5 Å². The van der Waals surface area contributed by atoms with Crippen molar-refractivity contribution in [1.82, 2.24) is 4.72 Å². The second-order valence-corrected chi connectivity index (χ2v) is 5.72. The van der Waals surface area contributed by atoms with Gasteiger partial charge in [0.25, 0.3) is 0 Å². The van der Waals surface area contributed by atoms with Crippen LogP contribution in [0, 0.1) is 5.82 Å². The van der Waals surface area contributed by atoms with E-state index in [1.807, 2.05) is 0 Å². The van der Waals surface area contributed by atoms with Gasteiger partial charge in [-0.2, -0.15) is 0 Å². The molecule has 0 fully saturated rings. The van der Waals surface area contributed by atoms with E-state index >= 15 is 0 Å². The van der Waals surface area contributed by atoms with E-state index in [4.69, 9.17) is 10.8 Å². The number of rotatable bonds is 6. The van der Waals surface area contributed by atoms with Crippen molar-refractivity contribution in [2.75, 3.05) is 12.3 Å². The second-order valence-electron chi connectivity index (χ2n) is 4.04. The molecule has 18 heavy (non-hydrogen) atoms. The molecule has 0 aromatic heterocycles. The summed E-state index contributed by atoms with van der Waals surface area (Å²) in [6.45, 7) is 1.66. The van der Waals surface area contributed by atoms with Gasteiger partial charge in [-0.25, -0.2) is 17.5 Å². The monoisotopic (exact) mass is 276 g/mol. The molecule has 0 bridgehead atoms. The Bertz CT molecular complexity index is 505. The number of para-hydroxylation sites is 1. The number of sulfonamides is 1. The molecule has 0 heterocycles. The van der Waals surface area contributed by atoms with Gasteiger partial charge >= 0.3 is 0 Å². The fourth-order valence-electron chi connectivity index (χ4n) is 1.54. The predicted molar refractivity (Wildman–Crippen MR) is 66.9 cm³/mol. The molecule has 102 valence electrons. The number of halogens is 1. The summed E-state index contributed by atoms with van der Waals surface area (Å²) in [7, 11) is -3.84. The average molecular weight is 276 g/mol. The molecule has 0 radical (unpaired) electrons. The van der Waals surface area contributed by atoms with Crippen molar-refractivity contribution in [3.63, 3.8) is 0 Å². The van der Waals surface area contributed by atoms with Crippen LogP contribution in [0.4, 0.5) is 10.1 Å². The van der Waals surface area contributed by atoms with Crippen molar-refractivity contribution in [3.05, 3.63) is 24.0 Å². The van der Waals surface area contributed by atoms with Crippen LogP contribution in [0.15, 0.2) is 23.1 Å². The van der Waals surface area contributed by atoms with Crippen LogP contribution in [-0.2, 0) is 10.0 Å². The van der Waals surface area contributed by atoms with Gasteiger partial charge in [-0.3, -0.25) is 0 Å². The highest BCUT2D eigenvalue weighted by molar-refractivity contribution is 7.89. The Kier molecular flexibility index (Phi) is 5.06. The average Bonchev–Trinajstić information content (AvgIpc) is 2.29. The number of nitrogens with one attached hydrogen (secondary N) is 1. The lowest BCUT2D eigenvalue weighted by atomic mass is 10.2. The zero-order valence-electron chi connectivity index (χ0n) is 10.1. The van der Waals surface area contributed by atoms with E-state index in [9.17, 15) is 12.8 Å². The fourth-order valence-corrected chi connectivity index (χ4v) is 2.96. The van der Waals surface area contributed by atoms with Crippen molar-refractivity contribution >= 4 is 15.7 Å². The summed E-state index contributed by atoms with van der Waals surface area (Å²) < 4.78 is 39.5. The molecular weight excluding hydrogens is 259 g/mol. The first-order chi connectivity index (χ1) is 8.38. The summed E-state index contributed by atoms with van der Waals surface area (Å²) in [5.74, 6) is -0.763. The molecule has 1 unspecified atom stereocenters. The number of aliphatic hydroxyl groups is 1. The Balaban J connectivity index is 2.90. The molecule has 1 aromatic carbocycles. The fraction of sp³-hybridized carbons (Fsp3) is 0.455. The third-order valence-electron chi connectivity index (χ3n) is 2.45. The van der Waals surface area contributed by atoms with E-state index in [1.165, 1.54) is 12.1 Å². The molecule has 7 heteroatoms. The topological polar surface area (TPSA) is 92.4 Å². The molecule has 0 aliphatic carbocycles. The standard InChI is InChI=1S/C11H17FN2O3S/c1-8(4-3-7-15)14-18(16,17)10-6-2-5-9(12)11(10)13/h2,5-6,8,14-15H,3-4,7,13H2,1H3. The minimum absolute atomic E-state index is 0.00578. The SMILES string of the molecule is CC(CCCO)NS(=O)(=O)c1cccc(F)c1N. The molecule has 0 saturated carbocycles. The number of anilines is 1. The van der Waals surface area contributed by atoms with Gasteiger partial charge < -0.3 is 10.8 Å². The molecule has 1 aromatic rings. The molecule has 0 saturated heterocycles. The first kappa shape index (κ1) is 14.9. The quantitative estimate of drug-likeness (QED) is 0.671. The highest BCUT2D eigenvalue weighted by Crippen LogP contribution is 2.21. The van der Waals surface area contributed by atoms with Crippen LogP contribution in [0.25, 0.3) is 0 Å². The zero-order chi connectivity index (χ0) is 13.8. The summed E-state index contributed by atoms with van der Waals surface area (Å²) >= 11 is 0. The van der Waals surface area contributed by atoms with Gasteiger partial charge in [0.05, 0.1) is 5.69 Å².